The van der Waals surface area contributed by atoms with E-state index in [0.29, 0.717) is 0 Å². The Morgan fingerprint density at radius 2 is 1.77 bits per heavy atom. The number of hydrogen-bond donors (Lipinski definition) is 2. The van der Waals surface area contributed by atoms with Crippen LogP contribution in [0, 0.1) is 13.8 Å². The minimum absolute atomic E-state index is 0.249. The first-order valence-electron chi connectivity index (χ1n) is 4.48. The third-order valence-electron chi connectivity index (χ3n) is 2.42. The molecule has 0 aliphatic carbocycles. The highest BCUT2D eigenvalue weighted by molar-refractivity contribution is 5.38. The van der Waals surface area contributed by atoms with Gasteiger partial charge >= 0.3 is 0 Å². The molecule has 0 amide bonds. The van der Waals surface area contributed by atoms with Gasteiger partial charge in [0.15, 0.2) is 0 Å². The van der Waals surface area contributed by atoms with Crippen molar-refractivity contribution in [1.82, 2.24) is 0 Å². The van der Waals surface area contributed by atoms with E-state index >= 15 is 0 Å². The Balaban J connectivity index is 3.28. The van der Waals surface area contributed by atoms with Crippen LogP contribution in [-0.4, -0.2) is 11.7 Å². The summed E-state index contributed by atoms with van der Waals surface area (Å²) >= 11 is 0. The van der Waals surface area contributed by atoms with Crippen molar-refractivity contribution in [2.45, 2.75) is 26.4 Å². The fraction of sp³-hybridized carbons (Fsp3) is 0.455. The van der Waals surface area contributed by atoms with E-state index in [2.05, 4.69) is 0 Å². The van der Waals surface area contributed by atoms with Crippen LogP contribution < -0.4 is 5.73 Å². The first-order chi connectivity index (χ1) is 5.99. The van der Waals surface area contributed by atoms with Gasteiger partial charge in [0, 0.05) is 6.54 Å². The van der Waals surface area contributed by atoms with E-state index in [1.807, 2.05) is 32.0 Å². The number of aryl methyl sites for hydroxylation is 2. The van der Waals surface area contributed by atoms with Gasteiger partial charge in [-0.15, -0.1) is 0 Å². The van der Waals surface area contributed by atoms with Gasteiger partial charge in [-0.2, -0.15) is 0 Å². The van der Waals surface area contributed by atoms with E-state index in [1.54, 1.807) is 6.92 Å². The highest BCUT2D eigenvalue weighted by Crippen LogP contribution is 2.25. The maximum absolute atomic E-state index is 10.0. The molecule has 72 valence electrons. The highest BCUT2D eigenvalue weighted by atomic mass is 16.3. The molecule has 2 nitrogen and oxygen atoms in total. The van der Waals surface area contributed by atoms with E-state index < -0.39 is 5.60 Å². The zero-order chi connectivity index (χ0) is 10.1. The first kappa shape index (κ1) is 10.2. The molecule has 0 aliphatic rings. The third-order valence-corrected chi connectivity index (χ3v) is 2.42. The fourth-order valence-corrected chi connectivity index (χ4v) is 1.77. The Morgan fingerprint density at radius 1 is 1.31 bits per heavy atom. The van der Waals surface area contributed by atoms with Crippen molar-refractivity contribution in [2.75, 3.05) is 6.54 Å². The highest BCUT2D eigenvalue weighted by Gasteiger charge is 2.24. The van der Waals surface area contributed by atoms with Crippen molar-refractivity contribution in [3.8, 4) is 0 Å². The summed E-state index contributed by atoms with van der Waals surface area (Å²) in [6.07, 6.45) is 0. The maximum Gasteiger partial charge on any atom is 0.0995 e. The number of aliphatic hydroxyl groups is 1. The molecule has 1 aromatic carbocycles. The number of hydrogen-bond acceptors (Lipinski definition) is 2. The van der Waals surface area contributed by atoms with Crippen LogP contribution in [0.5, 0.6) is 0 Å². The van der Waals surface area contributed by atoms with Gasteiger partial charge in [0.25, 0.3) is 0 Å². The van der Waals surface area contributed by atoms with Crippen LogP contribution in [-0.2, 0) is 5.60 Å². The quantitative estimate of drug-likeness (QED) is 0.722. The summed E-state index contributed by atoms with van der Waals surface area (Å²) in [6, 6.07) is 5.97. The molecule has 1 unspecified atom stereocenters. The predicted octanol–water partition coefficient (Wildman–Crippen LogP) is 1.47. The Hall–Kier alpha value is -0.860. The lowest BCUT2D eigenvalue weighted by Crippen LogP contribution is -2.32. The topological polar surface area (TPSA) is 46.2 Å². The summed E-state index contributed by atoms with van der Waals surface area (Å²) in [5.74, 6) is 0. The van der Waals surface area contributed by atoms with Crippen LogP contribution in [0.15, 0.2) is 18.2 Å². The molecule has 1 atom stereocenters. The van der Waals surface area contributed by atoms with Crippen molar-refractivity contribution in [3.63, 3.8) is 0 Å². The third kappa shape index (κ3) is 1.90. The molecule has 0 heterocycles. The van der Waals surface area contributed by atoms with Gasteiger partial charge in [0.2, 0.25) is 0 Å². The largest absolute Gasteiger partial charge is 0.384 e. The molecule has 13 heavy (non-hydrogen) atoms. The average Bonchev–Trinajstić information content (AvgIpc) is 2.03. The zero-order valence-corrected chi connectivity index (χ0v) is 8.46. The smallest absolute Gasteiger partial charge is 0.0995 e. The van der Waals surface area contributed by atoms with Crippen molar-refractivity contribution in [3.05, 3.63) is 34.9 Å². The van der Waals surface area contributed by atoms with Gasteiger partial charge in [-0.05, 0) is 37.5 Å². The van der Waals surface area contributed by atoms with E-state index in [-0.39, 0.29) is 6.54 Å². The lowest BCUT2D eigenvalue weighted by Gasteiger charge is -2.25. The van der Waals surface area contributed by atoms with E-state index in [9.17, 15) is 5.11 Å². The molecule has 0 fully saturated rings. The molecule has 1 aromatic rings. The van der Waals surface area contributed by atoms with Gasteiger partial charge in [-0.25, -0.2) is 0 Å². The lowest BCUT2D eigenvalue weighted by molar-refractivity contribution is 0.0655. The van der Waals surface area contributed by atoms with E-state index in [4.69, 9.17) is 5.73 Å². The van der Waals surface area contributed by atoms with Crippen LogP contribution >= 0.6 is 0 Å². The van der Waals surface area contributed by atoms with Gasteiger partial charge in [-0.1, -0.05) is 18.2 Å². The van der Waals surface area contributed by atoms with Crippen LogP contribution in [0.4, 0.5) is 0 Å². The summed E-state index contributed by atoms with van der Waals surface area (Å²) in [7, 11) is 0. The fourth-order valence-electron chi connectivity index (χ4n) is 1.77. The first-order valence-corrected chi connectivity index (χ1v) is 4.48. The molecular formula is C11H17NO. The molecule has 0 bridgehead atoms. The molecule has 0 spiro atoms. The van der Waals surface area contributed by atoms with Crippen LogP contribution in [0.1, 0.15) is 23.6 Å². The predicted molar refractivity (Wildman–Crippen MR) is 54.5 cm³/mol. The average molecular weight is 179 g/mol. The second kappa shape index (κ2) is 3.48. The Kier molecular flexibility index (Phi) is 2.74. The molecular weight excluding hydrogens is 162 g/mol. The molecule has 1 rings (SSSR count). The van der Waals surface area contributed by atoms with Gasteiger partial charge in [0.05, 0.1) is 5.60 Å². The zero-order valence-electron chi connectivity index (χ0n) is 8.46. The summed E-state index contributed by atoms with van der Waals surface area (Å²) in [5.41, 5.74) is 7.76. The second-order valence-corrected chi connectivity index (χ2v) is 3.74. The molecule has 2 heteroatoms. The molecule has 0 radical (unpaired) electrons. The minimum atomic E-state index is -0.907. The standard InChI is InChI=1S/C11H17NO/c1-8-5-4-6-9(2)10(8)11(3,13)7-12/h4-6,13H,7,12H2,1-3H3. The Labute approximate surface area is 79.4 Å². The second-order valence-electron chi connectivity index (χ2n) is 3.74. The monoisotopic (exact) mass is 179 g/mol. The van der Waals surface area contributed by atoms with Crippen molar-refractivity contribution in [2.24, 2.45) is 5.73 Å². The number of benzene rings is 1. The molecule has 3 N–H and O–H groups in total. The van der Waals surface area contributed by atoms with Gasteiger partial charge in [0.1, 0.15) is 0 Å². The van der Waals surface area contributed by atoms with E-state index in [1.165, 1.54) is 0 Å². The maximum atomic E-state index is 10.0. The minimum Gasteiger partial charge on any atom is -0.384 e. The van der Waals surface area contributed by atoms with Gasteiger partial charge in [-0.3, -0.25) is 0 Å². The van der Waals surface area contributed by atoms with Crippen LogP contribution in [0.3, 0.4) is 0 Å². The van der Waals surface area contributed by atoms with E-state index in [0.717, 1.165) is 16.7 Å². The van der Waals surface area contributed by atoms with Crippen molar-refractivity contribution < 1.29 is 5.11 Å². The van der Waals surface area contributed by atoms with Crippen LogP contribution in [0.25, 0.3) is 0 Å². The summed E-state index contributed by atoms with van der Waals surface area (Å²) in [5, 5.41) is 10.0. The van der Waals surface area contributed by atoms with Crippen molar-refractivity contribution >= 4 is 0 Å². The Bertz CT molecular complexity index is 285. The van der Waals surface area contributed by atoms with Gasteiger partial charge < -0.3 is 10.8 Å². The number of rotatable bonds is 2. The number of nitrogens with two attached hydrogens (primary N) is 1. The molecule has 0 saturated carbocycles. The Morgan fingerprint density at radius 3 is 2.15 bits per heavy atom. The molecule has 0 aliphatic heterocycles. The normalized spacial score (nSPS) is 15.5. The van der Waals surface area contributed by atoms with Crippen LogP contribution in [0.2, 0.25) is 0 Å². The summed E-state index contributed by atoms with van der Waals surface area (Å²) in [6.45, 7) is 5.99. The SMILES string of the molecule is Cc1cccc(C)c1C(C)(O)CN. The van der Waals surface area contributed by atoms with Crippen molar-refractivity contribution in [1.29, 1.82) is 0 Å². The summed E-state index contributed by atoms with van der Waals surface area (Å²) < 4.78 is 0. The summed E-state index contributed by atoms with van der Waals surface area (Å²) in [4.78, 5) is 0. The molecule has 0 aromatic heterocycles. The lowest BCUT2D eigenvalue weighted by atomic mass is 9.88. The molecule has 0 saturated heterocycles.